The third-order valence-corrected chi connectivity index (χ3v) is 4.68. The van der Waals surface area contributed by atoms with Gasteiger partial charge in [0.25, 0.3) is 0 Å². The van der Waals surface area contributed by atoms with Crippen LogP contribution in [0.1, 0.15) is 35.4 Å². The van der Waals surface area contributed by atoms with E-state index in [1.165, 1.54) is 5.56 Å². The molecule has 0 aromatic heterocycles. The fourth-order valence-electron chi connectivity index (χ4n) is 3.22. The van der Waals surface area contributed by atoms with Gasteiger partial charge in [0, 0.05) is 5.33 Å². The maximum Gasteiger partial charge on any atom is 0.315 e. The Kier molecular flexibility index (Phi) is 4.11. The number of unbranched alkanes of at least 4 members (excludes halogenated alkanes) is 1. The van der Waals surface area contributed by atoms with Crippen LogP contribution in [0.5, 0.6) is 0 Å². The molecule has 1 atom stereocenters. The molecule has 1 aliphatic carbocycles. The number of benzene rings is 2. The molecule has 2 aromatic rings. The fraction of sp³-hybridized carbons (Fsp3) is 0.278. The van der Waals surface area contributed by atoms with Crippen LogP contribution in [0.25, 0.3) is 11.1 Å². The number of rotatable bonds is 5. The Bertz CT molecular complexity index is 679. The average Bonchev–Trinajstić information content (AvgIpc) is 2.83. The third kappa shape index (κ3) is 2.51. The summed E-state index contributed by atoms with van der Waals surface area (Å²) in [5.41, 5.74) is 5.27. The predicted octanol–water partition coefficient (Wildman–Crippen LogP) is 4.60. The lowest BCUT2D eigenvalue weighted by Crippen LogP contribution is -2.12. The van der Waals surface area contributed by atoms with Crippen LogP contribution in [0, 0.1) is 0 Å². The monoisotopic (exact) mass is 344 g/mol. The molecule has 0 bridgehead atoms. The number of alkyl halides is 1. The van der Waals surface area contributed by atoms with E-state index in [0.717, 1.165) is 46.8 Å². The van der Waals surface area contributed by atoms with E-state index >= 15 is 0 Å². The second-order valence-electron chi connectivity index (χ2n) is 5.38. The normalized spacial score (nSPS) is 15.6. The number of carboxylic acid groups (broad SMARTS) is 1. The summed E-state index contributed by atoms with van der Waals surface area (Å²) in [6.45, 7) is 0. The number of hydrogen-bond acceptors (Lipinski definition) is 1. The number of carboxylic acids is 1. The summed E-state index contributed by atoms with van der Waals surface area (Å²) in [5.74, 6) is -1.27. The lowest BCUT2D eigenvalue weighted by Gasteiger charge is -2.13. The predicted molar refractivity (Wildman–Crippen MR) is 88.1 cm³/mol. The van der Waals surface area contributed by atoms with E-state index in [1.807, 2.05) is 36.4 Å². The van der Waals surface area contributed by atoms with E-state index in [0.29, 0.717) is 0 Å². The van der Waals surface area contributed by atoms with Gasteiger partial charge in [-0.3, -0.25) is 4.79 Å². The molecule has 1 N–H and O–H groups in total. The van der Waals surface area contributed by atoms with Gasteiger partial charge in [0.2, 0.25) is 0 Å². The molecule has 1 unspecified atom stereocenters. The van der Waals surface area contributed by atoms with Crippen molar-refractivity contribution >= 4 is 21.9 Å². The minimum Gasteiger partial charge on any atom is -0.481 e. The Hall–Kier alpha value is -1.61. The van der Waals surface area contributed by atoms with Gasteiger partial charge in [-0.25, -0.2) is 0 Å². The molecule has 0 spiro atoms. The lowest BCUT2D eigenvalue weighted by atomic mass is 9.91. The number of halogens is 1. The Labute approximate surface area is 132 Å². The van der Waals surface area contributed by atoms with Crippen LogP contribution in [0.4, 0.5) is 0 Å². The van der Waals surface area contributed by atoms with Crippen molar-refractivity contribution < 1.29 is 9.90 Å². The van der Waals surface area contributed by atoms with Gasteiger partial charge in [0.1, 0.15) is 5.92 Å². The molecule has 21 heavy (non-hydrogen) atoms. The van der Waals surface area contributed by atoms with Gasteiger partial charge in [0.15, 0.2) is 0 Å². The Morgan fingerprint density at radius 1 is 1.05 bits per heavy atom. The number of aliphatic carboxylic acids is 1. The van der Waals surface area contributed by atoms with E-state index in [4.69, 9.17) is 0 Å². The third-order valence-electron chi connectivity index (χ3n) is 4.12. The second-order valence-corrected chi connectivity index (χ2v) is 6.18. The summed E-state index contributed by atoms with van der Waals surface area (Å²) in [5, 5.41) is 10.7. The second kappa shape index (κ2) is 6.02. The molecule has 0 amide bonds. The highest BCUT2D eigenvalue weighted by Gasteiger charge is 2.35. The molecule has 3 heteroatoms. The highest BCUT2D eigenvalue weighted by molar-refractivity contribution is 9.09. The SMILES string of the molecule is O=C(O)C1c2ccccc2-c2cccc(CCCCBr)c21. The standard InChI is InChI=1S/C18H17BrO2/c19-11-4-3-6-12-7-5-10-14-13-8-1-2-9-15(13)17(16(12)14)18(20)21/h1-2,5,7-10,17H,3-4,6,11H2,(H,20,21). The maximum absolute atomic E-state index is 11.8. The van der Waals surface area contributed by atoms with Crippen molar-refractivity contribution in [2.24, 2.45) is 0 Å². The molecule has 0 radical (unpaired) electrons. The quantitative estimate of drug-likeness (QED) is 0.635. The molecule has 0 saturated heterocycles. The molecule has 3 rings (SSSR count). The van der Waals surface area contributed by atoms with Crippen LogP contribution in [-0.4, -0.2) is 16.4 Å². The van der Waals surface area contributed by atoms with Crippen LogP contribution in [0.3, 0.4) is 0 Å². The van der Waals surface area contributed by atoms with Crippen LogP contribution >= 0.6 is 15.9 Å². The lowest BCUT2D eigenvalue weighted by molar-refractivity contribution is -0.137. The number of hydrogen-bond donors (Lipinski definition) is 1. The van der Waals surface area contributed by atoms with E-state index < -0.39 is 11.9 Å². The molecular weight excluding hydrogens is 328 g/mol. The first kappa shape index (κ1) is 14.3. The van der Waals surface area contributed by atoms with Crippen molar-refractivity contribution in [3.05, 3.63) is 59.2 Å². The topological polar surface area (TPSA) is 37.3 Å². The number of fused-ring (bicyclic) bond motifs is 3. The van der Waals surface area contributed by atoms with Crippen LogP contribution in [0.15, 0.2) is 42.5 Å². The first-order chi connectivity index (χ1) is 10.2. The van der Waals surface area contributed by atoms with E-state index in [-0.39, 0.29) is 0 Å². The number of carbonyl (C=O) groups is 1. The molecule has 1 aliphatic rings. The zero-order chi connectivity index (χ0) is 14.8. The van der Waals surface area contributed by atoms with E-state index in [9.17, 15) is 9.90 Å². The van der Waals surface area contributed by atoms with Crippen molar-refractivity contribution in [3.63, 3.8) is 0 Å². The first-order valence-electron chi connectivity index (χ1n) is 7.24. The summed E-state index contributed by atoms with van der Waals surface area (Å²) in [7, 11) is 0. The van der Waals surface area contributed by atoms with Crippen LogP contribution in [-0.2, 0) is 11.2 Å². The Morgan fingerprint density at radius 3 is 2.57 bits per heavy atom. The molecule has 0 fully saturated rings. The molecule has 2 aromatic carbocycles. The highest BCUT2D eigenvalue weighted by atomic mass is 79.9. The van der Waals surface area contributed by atoms with Crippen molar-refractivity contribution in [1.82, 2.24) is 0 Å². The van der Waals surface area contributed by atoms with Crippen LogP contribution < -0.4 is 0 Å². The highest BCUT2D eigenvalue weighted by Crippen LogP contribution is 2.46. The van der Waals surface area contributed by atoms with Gasteiger partial charge in [-0.15, -0.1) is 0 Å². The summed E-state index contributed by atoms with van der Waals surface area (Å²) in [4.78, 5) is 11.8. The summed E-state index contributed by atoms with van der Waals surface area (Å²) in [6.07, 6.45) is 3.12. The molecule has 2 nitrogen and oxygen atoms in total. The molecule has 0 heterocycles. The van der Waals surface area contributed by atoms with Crippen LogP contribution in [0.2, 0.25) is 0 Å². The zero-order valence-corrected chi connectivity index (χ0v) is 13.3. The molecule has 0 saturated carbocycles. The van der Waals surface area contributed by atoms with Gasteiger partial charge >= 0.3 is 5.97 Å². The molecular formula is C18H17BrO2. The summed E-state index contributed by atoms with van der Waals surface area (Å²) < 4.78 is 0. The van der Waals surface area contributed by atoms with Crippen molar-refractivity contribution in [3.8, 4) is 11.1 Å². The van der Waals surface area contributed by atoms with Gasteiger partial charge in [0.05, 0.1) is 0 Å². The summed E-state index contributed by atoms with van der Waals surface area (Å²) in [6, 6.07) is 14.0. The van der Waals surface area contributed by atoms with Crippen molar-refractivity contribution in [2.45, 2.75) is 25.2 Å². The van der Waals surface area contributed by atoms with Gasteiger partial charge < -0.3 is 5.11 Å². The van der Waals surface area contributed by atoms with Crippen molar-refractivity contribution in [2.75, 3.05) is 5.33 Å². The Morgan fingerprint density at radius 2 is 1.81 bits per heavy atom. The zero-order valence-electron chi connectivity index (χ0n) is 11.7. The average molecular weight is 345 g/mol. The Balaban J connectivity index is 2.09. The minimum atomic E-state index is -0.755. The fourth-order valence-corrected chi connectivity index (χ4v) is 3.62. The van der Waals surface area contributed by atoms with E-state index in [2.05, 4.69) is 22.0 Å². The first-order valence-corrected chi connectivity index (χ1v) is 8.36. The van der Waals surface area contributed by atoms with Crippen molar-refractivity contribution in [1.29, 1.82) is 0 Å². The maximum atomic E-state index is 11.8. The molecule has 0 aliphatic heterocycles. The van der Waals surface area contributed by atoms with E-state index in [1.54, 1.807) is 0 Å². The number of aryl methyl sites for hydroxylation is 1. The minimum absolute atomic E-state index is 0.517. The summed E-state index contributed by atoms with van der Waals surface area (Å²) >= 11 is 3.45. The largest absolute Gasteiger partial charge is 0.481 e. The van der Waals surface area contributed by atoms with Gasteiger partial charge in [-0.2, -0.15) is 0 Å². The van der Waals surface area contributed by atoms with Gasteiger partial charge in [-0.1, -0.05) is 58.4 Å². The van der Waals surface area contributed by atoms with Gasteiger partial charge in [-0.05, 0) is 47.1 Å². The smallest absolute Gasteiger partial charge is 0.315 e. The molecule has 108 valence electrons.